The third kappa shape index (κ3) is 5.86. The van der Waals surface area contributed by atoms with Crippen LogP contribution in [0.25, 0.3) is 0 Å². The molecule has 0 radical (unpaired) electrons. The zero-order valence-corrected chi connectivity index (χ0v) is 17.7. The lowest BCUT2D eigenvalue weighted by Crippen LogP contribution is -2.11. The number of nitrogens with zero attached hydrogens (tertiary/aromatic N) is 2. The summed E-state index contributed by atoms with van der Waals surface area (Å²) in [6.45, 7) is 0.106. The minimum atomic E-state index is -0.583. The second-order valence-corrected chi connectivity index (χ2v) is 7.16. The maximum atomic E-state index is 12.6. The molecule has 4 rings (SSSR count). The zero-order valence-electron chi connectivity index (χ0n) is 16.9. The van der Waals surface area contributed by atoms with Gasteiger partial charge in [-0.15, -0.1) is 0 Å². The van der Waals surface area contributed by atoms with Crippen molar-refractivity contribution in [3.05, 3.63) is 106 Å². The van der Waals surface area contributed by atoms with Gasteiger partial charge in [-0.1, -0.05) is 11.6 Å². The van der Waals surface area contributed by atoms with E-state index in [1.54, 1.807) is 48.7 Å². The number of nitrogens with one attached hydrogen (secondary N) is 1. The highest BCUT2D eigenvalue weighted by atomic mass is 35.5. The molecule has 2 aromatic carbocycles. The van der Waals surface area contributed by atoms with Crippen LogP contribution in [0.1, 0.15) is 16.3 Å². The van der Waals surface area contributed by atoms with E-state index in [1.807, 2.05) is 0 Å². The van der Waals surface area contributed by atoms with Crippen LogP contribution in [-0.2, 0) is 6.61 Å². The highest BCUT2D eigenvalue weighted by Crippen LogP contribution is 2.30. The van der Waals surface area contributed by atoms with E-state index in [2.05, 4.69) is 10.3 Å². The summed E-state index contributed by atoms with van der Waals surface area (Å²) in [5, 5.41) is 14.5. The number of hydrogen-bond acceptors (Lipinski definition) is 7. The maximum absolute atomic E-state index is 12.6. The minimum Gasteiger partial charge on any atom is -0.486 e. The highest BCUT2D eigenvalue weighted by molar-refractivity contribution is 6.30. The molecule has 10 heteroatoms. The molecule has 1 N–H and O–H groups in total. The molecule has 0 spiro atoms. The van der Waals surface area contributed by atoms with E-state index in [-0.39, 0.29) is 29.5 Å². The van der Waals surface area contributed by atoms with E-state index in [1.165, 1.54) is 30.5 Å². The Morgan fingerprint density at radius 2 is 1.88 bits per heavy atom. The van der Waals surface area contributed by atoms with Crippen molar-refractivity contribution in [2.24, 2.45) is 0 Å². The van der Waals surface area contributed by atoms with Crippen molar-refractivity contribution in [2.75, 3.05) is 5.32 Å². The van der Waals surface area contributed by atoms with Crippen molar-refractivity contribution >= 4 is 28.9 Å². The summed E-state index contributed by atoms with van der Waals surface area (Å²) >= 11 is 5.84. The summed E-state index contributed by atoms with van der Waals surface area (Å²) in [5.74, 6) is 1.02. The smallest absolute Gasteiger partial charge is 0.291 e. The van der Waals surface area contributed by atoms with E-state index in [0.29, 0.717) is 22.3 Å². The van der Waals surface area contributed by atoms with Crippen molar-refractivity contribution in [3.8, 4) is 17.2 Å². The van der Waals surface area contributed by atoms with Crippen LogP contribution in [0.15, 0.2) is 83.5 Å². The molecule has 1 amide bonds. The Balaban J connectivity index is 1.45. The first-order chi connectivity index (χ1) is 16.0. The summed E-state index contributed by atoms with van der Waals surface area (Å²) in [5.41, 5.74) is -0.0772. The minimum absolute atomic E-state index is 0.0194. The quantitative estimate of drug-likeness (QED) is 0.256. The van der Waals surface area contributed by atoms with Gasteiger partial charge in [0.1, 0.15) is 29.6 Å². The van der Waals surface area contributed by atoms with Crippen molar-refractivity contribution in [3.63, 3.8) is 0 Å². The molecule has 0 saturated carbocycles. The summed E-state index contributed by atoms with van der Waals surface area (Å²) < 4.78 is 16.7. The molecule has 2 heterocycles. The third-order valence-electron chi connectivity index (χ3n) is 4.31. The fourth-order valence-electron chi connectivity index (χ4n) is 2.82. The summed E-state index contributed by atoms with van der Waals surface area (Å²) in [6.07, 6.45) is 3.04. The number of aromatic nitrogens is 1. The number of ether oxygens (including phenoxy) is 2. The van der Waals surface area contributed by atoms with Crippen molar-refractivity contribution in [1.82, 2.24) is 4.98 Å². The van der Waals surface area contributed by atoms with E-state index < -0.39 is 10.8 Å². The van der Waals surface area contributed by atoms with Crippen LogP contribution in [0.4, 0.5) is 11.4 Å². The van der Waals surface area contributed by atoms with Gasteiger partial charge < -0.3 is 19.2 Å². The fourth-order valence-corrected chi connectivity index (χ4v) is 2.94. The number of furan rings is 1. The molecular formula is C23H16ClN3O6. The maximum Gasteiger partial charge on any atom is 0.291 e. The normalized spacial score (nSPS) is 10.5. The Morgan fingerprint density at radius 1 is 1.06 bits per heavy atom. The molecule has 4 aromatic rings. The lowest BCUT2D eigenvalue weighted by atomic mass is 10.2. The van der Waals surface area contributed by atoms with E-state index in [4.69, 9.17) is 25.5 Å². The average Bonchev–Trinajstić information content (AvgIpc) is 3.28. The second kappa shape index (κ2) is 9.84. The molecule has 0 aliphatic rings. The molecule has 0 aliphatic carbocycles. The van der Waals surface area contributed by atoms with Crippen LogP contribution in [-0.4, -0.2) is 15.8 Å². The second-order valence-electron chi connectivity index (χ2n) is 6.73. The number of benzene rings is 2. The third-order valence-corrected chi connectivity index (χ3v) is 4.56. The number of carbonyl (C=O) groups is 1. The lowest BCUT2D eigenvalue weighted by molar-refractivity contribution is -0.384. The van der Waals surface area contributed by atoms with Crippen LogP contribution in [0.5, 0.6) is 17.2 Å². The van der Waals surface area contributed by atoms with Crippen molar-refractivity contribution < 1.29 is 23.6 Å². The van der Waals surface area contributed by atoms with Crippen LogP contribution in [0.2, 0.25) is 5.02 Å². The number of hydrogen-bond donors (Lipinski definition) is 1. The molecule has 0 saturated heterocycles. The summed E-state index contributed by atoms with van der Waals surface area (Å²) in [7, 11) is 0. The van der Waals surface area contributed by atoms with Gasteiger partial charge in [-0.25, -0.2) is 0 Å². The number of amides is 1. The lowest BCUT2D eigenvalue weighted by Gasteiger charge is -2.08. The van der Waals surface area contributed by atoms with E-state index >= 15 is 0 Å². The molecule has 33 heavy (non-hydrogen) atoms. The Hall–Kier alpha value is -4.37. The Labute approximate surface area is 192 Å². The molecule has 2 aromatic heterocycles. The first kappa shape index (κ1) is 21.8. The highest BCUT2D eigenvalue weighted by Gasteiger charge is 2.16. The Bertz CT molecular complexity index is 1280. The molecule has 0 bridgehead atoms. The number of rotatable bonds is 8. The number of pyridine rings is 1. The first-order valence-corrected chi connectivity index (χ1v) is 10.00. The summed E-state index contributed by atoms with van der Waals surface area (Å²) in [6, 6.07) is 17.2. The van der Waals surface area contributed by atoms with Gasteiger partial charge in [-0.3, -0.25) is 19.9 Å². The van der Waals surface area contributed by atoms with E-state index in [9.17, 15) is 14.9 Å². The van der Waals surface area contributed by atoms with Crippen molar-refractivity contribution in [1.29, 1.82) is 0 Å². The predicted molar refractivity (Wildman–Crippen MR) is 120 cm³/mol. The van der Waals surface area contributed by atoms with Gasteiger partial charge in [-0.05, 0) is 48.5 Å². The van der Waals surface area contributed by atoms with Crippen molar-refractivity contribution in [2.45, 2.75) is 6.61 Å². The average molecular weight is 466 g/mol. The van der Waals surface area contributed by atoms with Gasteiger partial charge in [-0.2, -0.15) is 0 Å². The van der Waals surface area contributed by atoms with Gasteiger partial charge in [0.05, 0.1) is 22.9 Å². The molecule has 0 unspecified atom stereocenters. The van der Waals surface area contributed by atoms with Gasteiger partial charge in [0, 0.05) is 23.4 Å². The summed E-state index contributed by atoms with van der Waals surface area (Å²) in [4.78, 5) is 27.3. The number of nitro groups is 1. The first-order valence-electron chi connectivity index (χ1n) is 9.62. The monoisotopic (exact) mass is 465 g/mol. The number of non-ortho nitro benzene ring substituents is 1. The topological polar surface area (TPSA) is 117 Å². The number of nitro benzene ring substituents is 1. The molecule has 166 valence electrons. The SMILES string of the molecule is O=C(Nc1cc(Oc2cccnc2)cc([N+](=O)[O-])c1)c1ccc(COc2ccc(Cl)cc2)o1. The van der Waals surface area contributed by atoms with Crippen LogP contribution < -0.4 is 14.8 Å². The predicted octanol–water partition coefficient (Wildman–Crippen LogP) is 5.86. The molecule has 0 aliphatic heterocycles. The number of halogens is 1. The van der Waals surface area contributed by atoms with Crippen LogP contribution in [0.3, 0.4) is 0 Å². The van der Waals surface area contributed by atoms with Gasteiger partial charge in [0.2, 0.25) is 0 Å². The molecule has 9 nitrogen and oxygen atoms in total. The molecular weight excluding hydrogens is 450 g/mol. The largest absolute Gasteiger partial charge is 0.486 e. The van der Waals surface area contributed by atoms with Gasteiger partial charge >= 0.3 is 0 Å². The fraction of sp³-hybridized carbons (Fsp3) is 0.0435. The van der Waals surface area contributed by atoms with Gasteiger partial charge in [0.15, 0.2) is 5.76 Å². The van der Waals surface area contributed by atoms with Gasteiger partial charge in [0.25, 0.3) is 11.6 Å². The number of anilines is 1. The standard InChI is InChI=1S/C23H16ClN3O6/c24-15-3-5-18(6-4-15)31-14-20-7-8-22(33-20)23(28)26-16-10-17(27(29)30)12-21(11-16)32-19-2-1-9-25-13-19/h1-13H,14H2,(H,26,28). The Morgan fingerprint density at radius 3 is 2.61 bits per heavy atom. The number of carbonyl (C=O) groups excluding carboxylic acids is 1. The zero-order chi connectivity index (χ0) is 23.2. The molecule has 0 fully saturated rings. The molecule has 0 atom stereocenters. The Kier molecular flexibility index (Phi) is 6.51. The van der Waals surface area contributed by atoms with Crippen LogP contribution >= 0.6 is 11.6 Å². The van der Waals surface area contributed by atoms with E-state index in [0.717, 1.165) is 0 Å². The van der Waals surface area contributed by atoms with Crippen LogP contribution in [0, 0.1) is 10.1 Å².